The van der Waals surface area contributed by atoms with Crippen molar-refractivity contribution in [3.8, 4) is 5.75 Å². The summed E-state index contributed by atoms with van der Waals surface area (Å²) in [5.74, 6) is -0.384. The zero-order valence-corrected chi connectivity index (χ0v) is 20.8. The van der Waals surface area contributed by atoms with E-state index < -0.39 is 25.4 Å². The lowest BCUT2D eigenvalue weighted by atomic mass is 9.88. The van der Waals surface area contributed by atoms with E-state index in [1.54, 1.807) is 17.0 Å². The monoisotopic (exact) mass is 522 g/mol. The first-order valence-electron chi connectivity index (χ1n) is 12.6. The normalized spacial score (nSPS) is 21.3. The molecule has 5 rings (SSSR count). The molecule has 0 saturated carbocycles. The lowest BCUT2D eigenvalue weighted by Crippen LogP contribution is -2.54. The number of hydrogen-bond donors (Lipinski definition) is 2. The second kappa shape index (κ2) is 10.1. The first-order chi connectivity index (χ1) is 17.6. The molecule has 2 atom stereocenters. The van der Waals surface area contributed by atoms with Gasteiger partial charge < -0.3 is 15.0 Å². The number of nitrogens with zero attached hydrogens (tertiary/aromatic N) is 2. The Morgan fingerprint density at radius 3 is 2.59 bits per heavy atom. The summed E-state index contributed by atoms with van der Waals surface area (Å²) in [4.78, 5) is 7.15. The molecule has 1 fully saturated rings. The maximum Gasteiger partial charge on any atom is 0.573 e. The zero-order valence-electron chi connectivity index (χ0n) is 20.8. The summed E-state index contributed by atoms with van der Waals surface area (Å²) in [7, 11) is 0. The number of alkyl halides is 5. The minimum absolute atomic E-state index is 0.126. The predicted octanol–water partition coefficient (Wildman–Crippen LogP) is 6.17. The van der Waals surface area contributed by atoms with Crippen molar-refractivity contribution in [3.63, 3.8) is 0 Å². The van der Waals surface area contributed by atoms with Gasteiger partial charge in [-0.1, -0.05) is 31.2 Å². The quantitative estimate of drug-likeness (QED) is 0.347. The molecule has 2 aliphatic heterocycles. The summed E-state index contributed by atoms with van der Waals surface area (Å²) in [5, 5.41) is 4.23. The second-order valence-corrected chi connectivity index (χ2v) is 10.0. The van der Waals surface area contributed by atoms with E-state index in [1.807, 2.05) is 31.2 Å². The number of aromatic amines is 1. The minimum atomic E-state index is -4.93. The van der Waals surface area contributed by atoms with Gasteiger partial charge >= 0.3 is 6.36 Å². The number of benzene rings is 2. The molecule has 3 heterocycles. The summed E-state index contributed by atoms with van der Waals surface area (Å²) < 4.78 is 72.6. The van der Waals surface area contributed by atoms with Gasteiger partial charge in [0.05, 0.1) is 18.6 Å². The van der Waals surface area contributed by atoms with E-state index in [4.69, 9.17) is 0 Å². The first kappa shape index (κ1) is 25.8. The fourth-order valence-electron chi connectivity index (χ4n) is 5.74. The van der Waals surface area contributed by atoms with Gasteiger partial charge in [-0.05, 0) is 44.0 Å². The molecule has 0 unspecified atom stereocenters. The Labute approximate surface area is 212 Å². The number of nitrogens with one attached hydrogen (secondary N) is 2. The number of H-pyrrole nitrogens is 1. The van der Waals surface area contributed by atoms with Gasteiger partial charge in [0.2, 0.25) is 0 Å². The molecular weight excluding hydrogens is 491 g/mol. The number of hydrogen-bond acceptors (Lipinski definition) is 4. The highest BCUT2D eigenvalue weighted by atomic mass is 19.4. The summed E-state index contributed by atoms with van der Waals surface area (Å²) in [5.41, 5.74) is 3.09. The number of likely N-dealkylation sites (tertiary alicyclic amines) is 1. The number of aromatic nitrogens is 1. The molecule has 0 bridgehead atoms. The summed E-state index contributed by atoms with van der Waals surface area (Å²) in [6.45, 7) is 5.96. The van der Waals surface area contributed by atoms with Crippen molar-refractivity contribution in [1.29, 1.82) is 0 Å². The van der Waals surface area contributed by atoms with Crippen molar-refractivity contribution in [3.05, 3.63) is 59.3 Å². The highest BCUT2D eigenvalue weighted by molar-refractivity contribution is 5.85. The van der Waals surface area contributed by atoms with Crippen molar-refractivity contribution in [1.82, 2.24) is 14.8 Å². The Kier molecular flexibility index (Phi) is 7.06. The summed E-state index contributed by atoms with van der Waals surface area (Å²) >= 11 is 0. The van der Waals surface area contributed by atoms with Gasteiger partial charge in [-0.3, -0.25) is 9.80 Å². The van der Waals surface area contributed by atoms with Gasteiger partial charge in [0, 0.05) is 53.0 Å². The third-order valence-electron chi connectivity index (χ3n) is 7.27. The van der Waals surface area contributed by atoms with Gasteiger partial charge in [0.25, 0.3) is 6.43 Å². The Hall–Kier alpha value is -2.85. The van der Waals surface area contributed by atoms with E-state index in [9.17, 15) is 22.0 Å². The topological polar surface area (TPSA) is 43.5 Å². The average Bonchev–Trinajstić information content (AvgIpc) is 3.15. The highest BCUT2D eigenvalue weighted by Crippen LogP contribution is 2.45. The van der Waals surface area contributed by atoms with Crippen molar-refractivity contribution in [2.75, 3.05) is 31.5 Å². The molecule has 5 nitrogen and oxygen atoms in total. The SMILES string of the molecule is CCCN1CC(Nc2ccc([C@@H]3c4[nH]c5ccccc5c4C[C@@H](C)N3CC(F)F)c(OC(F)(F)F)c2)C1. The summed E-state index contributed by atoms with van der Waals surface area (Å²) in [6.07, 6.45) is -6.03. The smallest absolute Gasteiger partial charge is 0.405 e. The fourth-order valence-corrected chi connectivity index (χ4v) is 5.74. The third kappa shape index (κ3) is 5.40. The molecule has 1 aromatic heterocycles. The minimum Gasteiger partial charge on any atom is -0.405 e. The molecule has 0 spiro atoms. The van der Waals surface area contributed by atoms with Crippen molar-refractivity contribution >= 4 is 16.6 Å². The van der Waals surface area contributed by atoms with E-state index in [1.165, 1.54) is 6.07 Å². The van der Waals surface area contributed by atoms with Crippen LogP contribution in [0.5, 0.6) is 5.75 Å². The molecule has 1 saturated heterocycles. The summed E-state index contributed by atoms with van der Waals surface area (Å²) in [6, 6.07) is 11.2. The van der Waals surface area contributed by atoms with Gasteiger partial charge in [-0.25, -0.2) is 8.78 Å². The van der Waals surface area contributed by atoms with Crippen LogP contribution in [-0.4, -0.2) is 65.8 Å². The van der Waals surface area contributed by atoms with Crippen LogP contribution in [0.2, 0.25) is 0 Å². The van der Waals surface area contributed by atoms with E-state index >= 15 is 0 Å². The Balaban J connectivity index is 1.56. The average molecular weight is 523 g/mol. The number of para-hydroxylation sites is 1. The lowest BCUT2D eigenvalue weighted by molar-refractivity contribution is -0.275. The number of ether oxygens (including phenoxy) is 1. The Bertz CT molecular complexity index is 1240. The standard InChI is InChI=1S/C27H31F5N4O/c1-3-10-35-13-18(14-35)33-17-8-9-20(23(12-17)37-27(30,31)32)26-25-21(11-16(2)36(26)15-24(28)29)19-6-4-5-7-22(19)34-25/h4-9,12,16,18,24,26,33-34H,3,10-11,13-15H2,1-2H3/t16-,26-/m1/s1. The van der Waals surface area contributed by atoms with Gasteiger partial charge in [-0.15, -0.1) is 13.2 Å². The molecule has 0 amide bonds. The molecule has 200 valence electrons. The zero-order chi connectivity index (χ0) is 26.3. The van der Waals surface area contributed by atoms with Crippen LogP contribution >= 0.6 is 0 Å². The van der Waals surface area contributed by atoms with Crippen LogP contribution in [0.3, 0.4) is 0 Å². The molecule has 0 aliphatic carbocycles. The van der Waals surface area contributed by atoms with Crippen molar-refractivity contribution in [2.24, 2.45) is 0 Å². The maximum atomic E-state index is 13.7. The van der Waals surface area contributed by atoms with Crippen molar-refractivity contribution < 1.29 is 26.7 Å². The number of anilines is 1. The van der Waals surface area contributed by atoms with Crippen LogP contribution < -0.4 is 10.1 Å². The Morgan fingerprint density at radius 2 is 1.89 bits per heavy atom. The van der Waals surface area contributed by atoms with Gasteiger partial charge in [0.15, 0.2) is 0 Å². The molecular formula is C27H31F5N4O. The third-order valence-corrected chi connectivity index (χ3v) is 7.27. The number of halogens is 5. The fraction of sp³-hybridized carbons (Fsp3) is 0.481. The van der Waals surface area contributed by atoms with Crippen LogP contribution in [-0.2, 0) is 6.42 Å². The molecule has 2 aliphatic rings. The molecule has 37 heavy (non-hydrogen) atoms. The van der Waals surface area contributed by atoms with Crippen LogP contribution in [0.1, 0.15) is 43.1 Å². The Morgan fingerprint density at radius 1 is 1.14 bits per heavy atom. The second-order valence-electron chi connectivity index (χ2n) is 10.0. The highest BCUT2D eigenvalue weighted by Gasteiger charge is 2.40. The van der Waals surface area contributed by atoms with Crippen LogP contribution in [0.15, 0.2) is 42.5 Å². The lowest BCUT2D eigenvalue weighted by Gasteiger charge is -2.41. The van der Waals surface area contributed by atoms with Crippen LogP contribution in [0.4, 0.5) is 27.6 Å². The van der Waals surface area contributed by atoms with Gasteiger partial charge in [-0.2, -0.15) is 0 Å². The van der Waals surface area contributed by atoms with E-state index in [0.717, 1.165) is 42.5 Å². The number of rotatable bonds is 8. The molecule has 2 N–H and O–H groups in total. The molecule has 3 aromatic rings. The van der Waals surface area contributed by atoms with Crippen LogP contribution in [0, 0.1) is 0 Å². The predicted molar refractivity (Wildman–Crippen MR) is 133 cm³/mol. The first-order valence-corrected chi connectivity index (χ1v) is 12.6. The molecule has 0 radical (unpaired) electrons. The van der Waals surface area contributed by atoms with Crippen LogP contribution in [0.25, 0.3) is 10.9 Å². The number of fused-ring (bicyclic) bond motifs is 3. The molecule has 10 heteroatoms. The van der Waals surface area contributed by atoms with Gasteiger partial charge in [0.1, 0.15) is 5.75 Å². The van der Waals surface area contributed by atoms with Crippen molar-refractivity contribution in [2.45, 2.75) is 57.6 Å². The largest absolute Gasteiger partial charge is 0.573 e. The van der Waals surface area contributed by atoms with E-state index in [2.05, 4.69) is 26.9 Å². The van der Waals surface area contributed by atoms with E-state index in [-0.39, 0.29) is 23.4 Å². The van der Waals surface area contributed by atoms with E-state index in [0.29, 0.717) is 17.8 Å². The maximum absolute atomic E-state index is 13.7. The molecule has 2 aromatic carbocycles.